The monoisotopic (exact) mass is 255 g/mol. The van der Waals surface area contributed by atoms with Gasteiger partial charge in [0.2, 0.25) is 0 Å². The van der Waals surface area contributed by atoms with E-state index in [2.05, 4.69) is 5.32 Å². The lowest BCUT2D eigenvalue weighted by molar-refractivity contribution is 0.136. The average Bonchev–Trinajstić information content (AvgIpc) is 2.90. The van der Waals surface area contributed by atoms with Crippen LogP contribution in [-0.2, 0) is 4.74 Å². The summed E-state index contributed by atoms with van der Waals surface area (Å²) in [5.74, 6) is 0.453. The zero-order valence-electron chi connectivity index (χ0n) is 11.2. The van der Waals surface area contributed by atoms with Gasteiger partial charge in [-0.3, -0.25) is 0 Å². The molecule has 5 nitrogen and oxygen atoms in total. The maximum atomic E-state index is 12.2. The Morgan fingerprint density at radius 1 is 1.39 bits per heavy atom. The zero-order chi connectivity index (χ0) is 13.0. The van der Waals surface area contributed by atoms with Crippen LogP contribution in [0.25, 0.3) is 0 Å². The third-order valence-electron chi connectivity index (χ3n) is 4.25. The summed E-state index contributed by atoms with van der Waals surface area (Å²) >= 11 is 0. The maximum absolute atomic E-state index is 12.2. The molecule has 2 rings (SSSR count). The Morgan fingerprint density at radius 3 is 2.83 bits per heavy atom. The Kier molecular flexibility index (Phi) is 4.83. The van der Waals surface area contributed by atoms with Crippen molar-refractivity contribution < 1.29 is 9.53 Å². The SMILES string of the molecule is CN(C(=O)NC1CCOC1)C1CCCCC1CN. The molecule has 0 radical (unpaired) electrons. The molecule has 0 aromatic carbocycles. The zero-order valence-corrected chi connectivity index (χ0v) is 11.2. The molecule has 3 atom stereocenters. The number of nitrogens with one attached hydrogen (secondary N) is 1. The summed E-state index contributed by atoms with van der Waals surface area (Å²) in [6, 6.07) is 0.502. The van der Waals surface area contributed by atoms with E-state index >= 15 is 0 Å². The topological polar surface area (TPSA) is 67.6 Å². The van der Waals surface area contributed by atoms with Crippen LogP contribution in [0.1, 0.15) is 32.1 Å². The van der Waals surface area contributed by atoms with Gasteiger partial charge in [-0.25, -0.2) is 4.79 Å². The molecule has 5 heteroatoms. The number of amides is 2. The van der Waals surface area contributed by atoms with Gasteiger partial charge < -0.3 is 20.7 Å². The molecule has 2 amide bonds. The van der Waals surface area contributed by atoms with Crippen molar-refractivity contribution in [3.05, 3.63) is 0 Å². The van der Waals surface area contributed by atoms with Crippen molar-refractivity contribution in [2.45, 2.75) is 44.2 Å². The first-order chi connectivity index (χ1) is 8.72. The van der Waals surface area contributed by atoms with E-state index in [1.54, 1.807) is 0 Å². The number of urea groups is 1. The average molecular weight is 255 g/mol. The molecule has 0 aromatic heterocycles. The van der Waals surface area contributed by atoms with Crippen molar-refractivity contribution in [2.75, 3.05) is 26.8 Å². The Hall–Kier alpha value is -0.810. The van der Waals surface area contributed by atoms with E-state index in [0.29, 0.717) is 25.1 Å². The lowest BCUT2D eigenvalue weighted by Crippen LogP contribution is -2.51. The predicted molar refractivity (Wildman–Crippen MR) is 70.3 cm³/mol. The molecule has 104 valence electrons. The first kappa shape index (κ1) is 13.6. The van der Waals surface area contributed by atoms with Gasteiger partial charge in [-0.05, 0) is 31.7 Å². The first-order valence-electron chi connectivity index (χ1n) is 7.03. The summed E-state index contributed by atoms with van der Waals surface area (Å²) in [5.41, 5.74) is 5.82. The molecule has 3 N–H and O–H groups in total. The van der Waals surface area contributed by atoms with Gasteiger partial charge in [0, 0.05) is 19.7 Å². The van der Waals surface area contributed by atoms with Crippen LogP contribution in [0.5, 0.6) is 0 Å². The Bertz CT molecular complexity index is 279. The van der Waals surface area contributed by atoms with Crippen LogP contribution >= 0.6 is 0 Å². The second-order valence-electron chi connectivity index (χ2n) is 5.47. The highest BCUT2D eigenvalue weighted by Gasteiger charge is 2.31. The molecule has 0 spiro atoms. The third-order valence-corrected chi connectivity index (χ3v) is 4.25. The molecule has 1 saturated heterocycles. The van der Waals surface area contributed by atoms with Crippen LogP contribution in [0.3, 0.4) is 0 Å². The normalized spacial score (nSPS) is 32.2. The van der Waals surface area contributed by atoms with Gasteiger partial charge in [-0.1, -0.05) is 12.8 Å². The van der Waals surface area contributed by atoms with Crippen LogP contribution in [0, 0.1) is 5.92 Å². The predicted octanol–water partition coefficient (Wildman–Crippen LogP) is 0.934. The minimum Gasteiger partial charge on any atom is -0.379 e. The third kappa shape index (κ3) is 3.14. The highest BCUT2D eigenvalue weighted by molar-refractivity contribution is 5.74. The summed E-state index contributed by atoms with van der Waals surface area (Å²) in [5, 5.41) is 3.04. The van der Waals surface area contributed by atoms with Gasteiger partial charge in [0.05, 0.1) is 12.6 Å². The number of ether oxygens (including phenoxy) is 1. The summed E-state index contributed by atoms with van der Waals surface area (Å²) in [6.07, 6.45) is 5.58. The summed E-state index contributed by atoms with van der Waals surface area (Å²) in [6.45, 7) is 2.07. The molecule has 1 saturated carbocycles. The highest BCUT2D eigenvalue weighted by atomic mass is 16.5. The van der Waals surface area contributed by atoms with Crippen molar-refractivity contribution in [3.63, 3.8) is 0 Å². The molecular formula is C13H25N3O2. The van der Waals surface area contributed by atoms with E-state index < -0.39 is 0 Å². The van der Waals surface area contributed by atoms with E-state index in [0.717, 1.165) is 25.9 Å². The molecule has 3 unspecified atom stereocenters. The van der Waals surface area contributed by atoms with Crippen molar-refractivity contribution >= 4 is 6.03 Å². The minimum atomic E-state index is 0.0239. The number of carbonyl (C=O) groups is 1. The quantitative estimate of drug-likeness (QED) is 0.788. The minimum absolute atomic E-state index is 0.0239. The number of hydrogen-bond acceptors (Lipinski definition) is 3. The molecule has 1 aliphatic heterocycles. The Balaban J connectivity index is 1.87. The van der Waals surface area contributed by atoms with Gasteiger partial charge >= 0.3 is 6.03 Å². The number of hydrogen-bond donors (Lipinski definition) is 2. The van der Waals surface area contributed by atoms with E-state index in [1.807, 2.05) is 11.9 Å². The largest absolute Gasteiger partial charge is 0.379 e. The Morgan fingerprint density at radius 2 is 2.17 bits per heavy atom. The molecular weight excluding hydrogens is 230 g/mol. The fourth-order valence-electron chi connectivity index (χ4n) is 3.05. The molecule has 0 bridgehead atoms. The van der Waals surface area contributed by atoms with Crippen LogP contribution in [0.15, 0.2) is 0 Å². The van der Waals surface area contributed by atoms with Crippen LogP contribution < -0.4 is 11.1 Å². The number of nitrogens with two attached hydrogens (primary N) is 1. The van der Waals surface area contributed by atoms with Crippen molar-refractivity contribution in [3.8, 4) is 0 Å². The van der Waals surface area contributed by atoms with E-state index in [9.17, 15) is 4.79 Å². The van der Waals surface area contributed by atoms with E-state index in [1.165, 1.54) is 12.8 Å². The summed E-state index contributed by atoms with van der Waals surface area (Å²) in [4.78, 5) is 14.0. The number of carbonyl (C=O) groups excluding carboxylic acids is 1. The van der Waals surface area contributed by atoms with Gasteiger partial charge in [0.15, 0.2) is 0 Å². The van der Waals surface area contributed by atoms with Gasteiger partial charge in [-0.15, -0.1) is 0 Å². The molecule has 1 aliphatic carbocycles. The molecule has 18 heavy (non-hydrogen) atoms. The van der Waals surface area contributed by atoms with Crippen molar-refractivity contribution in [1.29, 1.82) is 0 Å². The fraction of sp³-hybridized carbons (Fsp3) is 0.923. The van der Waals surface area contributed by atoms with E-state index in [4.69, 9.17) is 10.5 Å². The maximum Gasteiger partial charge on any atom is 0.317 e. The lowest BCUT2D eigenvalue weighted by Gasteiger charge is -2.37. The molecule has 0 aromatic rings. The van der Waals surface area contributed by atoms with Gasteiger partial charge in [-0.2, -0.15) is 0 Å². The van der Waals surface area contributed by atoms with Crippen LogP contribution in [-0.4, -0.2) is 49.8 Å². The Labute approximate surface area is 109 Å². The second-order valence-corrected chi connectivity index (χ2v) is 5.47. The second kappa shape index (κ2) is 6.38. The van der Waals surface area contributed by atoms with Crippen LogP contribution in [0.4, 0.5) is 4.79 Å². The van der Waals surface area contributed by atoms with Gasteiger partial charge in [0.25, 0.3) is 0 Å². The highest BCUT2D eigenvalue weighted by Crippen LogP contribution is 2.27. The van der Waals surface area contributed by atoms with Crippen LogP contribution in [0.2, 0.25) is 0 Å². The lowest BCUT2D eigenvalue weighted by atomic mass is 9.84. The van der Waals surface area contributed by atoms with Gasteiger partial charge in [0.1, 0.15) is 0 Å². The summed E-state index contributed by atoms with van der Waals surface area (Å²) < 4.78 is 5.27. The standard InChI is InChI=1S/C13H25N3O2/c1-16(12-5-3-2-4-10(12)8-14)13(17)15-11-6-7-18-9-11/h10-12H,2-9,14H2,1H3,(H,15,17). The van der Waals surface area contributed by atoms with Crippen molar-refractivity contribution in [1.82, 2.24) is 10.2 Å². The fourth-order valence-corrected chi connectivity index (χ4v) is 3.05. The smallest absolute Gasteiger partial charge is 0.317 e. The van der Waals surface area contributed by atoms with Crippen molar-refractivity contribution in [2.24, 2.45) is 11.7 Å². The first-order valence-corrected chi connectivity index (χ1v) is 7.03. The number of nitrogens with zero attached hydrogens (tertiary/aromatic N) is 1. The molecule has 2 aliphatic rings. The summed E-state index contributed by atoms with van der Waals surface area (Å²) in [7, 11) is 1.89. The molecule has 2 fully saturated rings. The van der Waals surface area contributed by atoms with E-state index in [-0.39, 0.29) is 12.1 Å². The number of rotatable bonds is 3. The molecule has 1 heterocycles.